The summed E-state index contributed by atoms with van der Waals surface area (Å²) < 4.78 is 0. The SMILES string of the molecule is CC(C)CC(CN)NC(=O)c1ccc(N(C)c2ccccc2)nc1. The first-order valence-electron chi connectivity index (χ1n) is 8.27. The molecule has 2 rings (SSSR count). The molecule has 5 heteroatoms. The molecule has 5 nitrogen and oxygen atoms in total. The maximum Gasteiger partial charge on any atom is 0.253 e. The minimum Gasteiger partial charge on any atom is -0.348 e. The van der Waals surface area contributed by atoms with Crippen molar-refractivity contribution in [1.82, 2.24) is 10.3 Å². The average molecular weight is 326 g/mol. The lowest BCUT2D eigenvalue weighted by Crippen LogP contribution is -2.41. The first kappa shape index (κ1) is 17.9. The number of pyridine rings is 1. The second kappa shape index (κ2) is 8.45. The average Bonchev–Trinajstić information content (AvgIpc) is 2.61. The van der Waals surface area contributed by atoms with Crippen LogP contribution in [0.2, 0.25) is 0 Å². The minimum absolute atomic E-state index is 0.0100. The molecule has 0 fully saturated rings. The van der Waals surface area contributed by atoms with Gasteiger partial charge in [-0.3, -0.25) is 4.79 Å². The number of nitrogens with zero attached hydrogens (tertiary/aromatic N) is 2. The van der Waals surface area contributed by atoms with Gasteiger partial charge in [-0.25, -0.2) is 4.98 Å². The van der Waals surface area contributed by atoms with Gasteiger partial charge < -0.3 is 16.0 Å². The standard InChI is InChI=1S/C19H26N4O/c1-14(2)11-16(12-20)22-19(24)15-9-10-18(21-13-15)23(3)17-7-5-4-6-8-17/h4-10,13-14,16H,11-12,20H2,1-3H3,(H,22,24). The highest BCUT2D eigenvalue weighted by Gasteiger charge is 2.14. The van der Waals surface area contributed by atoms with Gasteiger partial charge in [-0.15, -0.1) is 0 Å². The van der Waals surface area contributed by atoms with Gasteiger partial charge in [0.05, 0.1) is 5.56 Å². The zero-order valence-corrected chi connectivity index (χ0v) is 14.6. The van der Waals surface area contributed by atoms with E-state index < -0.39 is 0 Å². The minimum atomic E-state index is -0.132. The number of anilines is 2. The van der Waals surface area contributed by atoms with Gasteiger partial charge in [0.2, 0.25) is 0 Å². The highest BCUT2D eigenvalue weighted by atomic mass is 16.1. The number of nitrogens with two attached hydrogens (primary N) is 1. The molecule has 0 aliphatic rings. The fraction of sp³-hybridized carbons (Fsp3) is 0.368. The highest BCUT2D eigenvalue weighted by Crippen LogP contribution is 2.20. The summed E-state index contributed by atoms with van der Waals surface area (Å²) >= 11 is 0. The smallest absolute Gasteiger partial charge is 0.253 e. The number of aromatic nitrogens is 1. The van der Waals surface area contributed by atoms with Gasteiger partial charge in [0.1, 0.15) is 5.82 Å². The molecule has 24 heavy (non-hydrogen) atoms. The van der Waals surface area contributed by atoms with E-state index in [4.69, 9.17) is 5.73 Å². The first-order chi connectivity index (χ1) is 11.5. The predicted octanol–water partition coefficient (Wildman–Crippen LogP) is 2.95. The van der Waals surface area contributed by atoms with Crippen LogP contribution in [-0.2, 0) is 0 Å². The van der Waals surface area contributed by atoms with Crippen LogP contribution in [0.3, 0.4) is 0 Å². The molecule has 0 aliphatic heterocycles. The summed E-state index contributed by atoms with van der Waals surface area (Å²) in [6.07, 6.45) is 2.47. The number of amides is 1. The van der Waals surface area contributed by atoms with Gasteiger partial charge in [0.25, 0.3) is 5.91 Å². The van der Waals surface area contributed by atoms with Crippen molar-refractivity contribution in [3.8, 4) is 0 Å². The van der Waals surface area contributed by atoms with Crippen molar-refractivity contribution in [3.05, 3.63) is 54.2 Å². The molecule has 128 valence electrons. The van der Waals surface area contributed by atoms with E-state index in [-0.39, 0.29) is 11.9 Å². The molecule has 1 atom stereocenters. The van der Waals surface area contributed by atoms with E-state index >= 15 is 0 Å². The quantitative estimate of drug-likeness (QED) is 0.820. The van der Waals surface area contributed by atoms with Crippen LogP contribution < -0.4 is 16.0 Å². The Morgan fingerprint density at radius 1 is 1.21 bits per heavy atom. The maximum absolute atomic E-state index is 12.3. The van der Waals surface area contributed by atoms with Crippen LogP contribution in [0.5, 0.6) is 0 Å². The summed E-state index contributed by atoms with van der Waals surface area (Å²) in [6.45, 7) is 4.67. The van der Waals surface area contributed by atoms with Crippen molar-refractivity contribution in [2.24, 2.45) is 11.7 Å². The molecule has 0 saturated carbocycles. The maximum atomic E-state index is 12.3. The van der Waals surface area contributed by atoms with E-state index in [0.29, 0.717) is 18.0 Å². The van der Waals surface area contributed by atoms with Crippen molar-refractivity contribution in [1.29, 1.82) is 0 Å². The monoisotopic (exact) mass is 326 g/mol. The van der Waals surface area contributed by atoms with Crippen LogP contribution in [0.4, 0.5) is 11.5 Å². The Bertz CT molecular complexity index is 640. The Morgan fingerprint density at radius 3 is 2.46 bits per heavy atom. The summed E-state index contributed by atoms with van der Waals surface area (Å²) in [5.41, 5.74) is 7.33. The number of rotatable bonds is 7. The first-order valence-corrected chi connectivity index (χ1v) is 8.27. The number of carbonyl (C=O) groups excluding carboxylic acids is 1. The molecule has 1 heterocycles. The van der Waals surface area contributed by atoms with Crippen molar-refractivity contribution < 1.29 is 4.79 Å². The van der Waals surface area contributed by atoms with Crippen LogP contribution in [0.1, 0.15) is 30.6 Å². The van der Waals surface area contributed by atoms with Gasteiger partial charge in [-0.05, 0) is 36.6 Å². The van der Waals surface area contributed by atoms with Crippen LogP contribution in [0.25, 0.3) is 0 Å². The summed E-state index contributed by atoms with van der Waals surface area (Å²) in [6, 6.07) is 13.6. The Kier molecular flexibility index (Phi) is 6.32. The van der Waals surface area contributed by atoms with Gasteiger partial charge in [0.15, 0.2) is 0 Å². The second-order valence-electron chi connectivity index (χ2n) is 6.34. The van der Waals surface area contributed by atoms with Gasteiger partial charge in [-0.2, -0.15) is 0 Å². The number of hydrogen-bond donors (Lipinski definition) is 2. The lowest BCUT2D eigenvalue weighted by atomic mass is 10.0. The van der Waals surface area contributed by atoms with E-state index in [2.05, 4.69) is 24.1 Å². The lowest BCUT2D eigenvalue weighted by molar-refractivity contribution is 0.0933. The Hall–Kier alpha value is -2.40. The van der Waals surface area contributed by atoms with Crippen molar-refractivity contribution in [3.63, 3.8) is 0 Å². The van der Waals surface area contributed by atoms with Gasteiger partial charge >= 0.3 is 0 Å². The number of benzene rings is 1. The molecule has 3 N–H and O–H groups in total. The summed E-state index contributed by atoms with van der Waals surface area (Å²) in [7, 11) is 1.95. The van der Waals surface area contributed by atoms with E-state index in [9.17, 15) is 4.79 Å². The third-order valence-electron chi connectivity index (χ3n) is 3.87. The molecule has 0 saturated heterocycles. The zero-order valence-electron chi connectivity index (χ0n) is 14.6. The normalized spacial score (nSPS) is 12.0. The second-order valence-corrected chi connectivity index (χ2v) is 6.34. The molecule has 1 amide bonds. The Balaban J connectivity index is 2.04. The predicted molar refractivity (Wildman–Crippen MR) is 98.5 cm³/mol. The largest absolute Gasteiger partial charge is 0.348 e. The van der Waals surface area contributed by atoms with E-state index in [1.807, 2.05) is 48.3 Å². The third-order valence-corrected chi connectivity index (χ3v) is 3.87. The van der Waals surface area contributed by atoms with E-state index in [1.54, 1.807) is 12.3 Å². The van der Waals surface area contributed by atoms with Crippen LogP contribution in [0, 0.1) is 5.92 Å². The summed E-state index contributed by atoms with van der Waals surface area (Å²) in [5, 5.41) is 2.98. The van der Waals surface area contributed by atoms with E-state index in [1.165, 1.54) is 0 Å². The Morgan fingerprint density at radius 2 is 1.92 bits per heavy atom. The third kappa shape index (κ3) is 4.80. The molecule has 2 aromatic rings. The molecule has 1 unspecified atom stereocenters. The molecular weight excluding hydrogens is 300 g/mol. The molecular formula is C19H26N4O. The molecule has 0 bridgehead atoms. The number of nitrogens with one attached hydrogen (secondary N) is 1. The van der Waals surface area contributed by atoms with Crippen molar-refractivity contribution >= 4 is 17.4 Å². The van der Waals surface area contributed by atoms with Gasteiger partial charge in [0, 0.05) is 31.5 Å². The van der Waals surface area contributed by atoms with E-state index in [0.717, 1.165) is 17.9 Å². The molecule has 0 spiro atoms. The fourth-order valence-corrected chi connectivity index (χ4v) is 2.55. The molecule has 0 aliphatic carbocycles. The number of carbonyl (C=O) groups is 1. The molecule has 1 aromatic carbocycles. The Labute approximate surface area is 143 Å². The number of para-hydroxylation sites is 1. The lowest BCUT2D eigenvalue weighted by Gasteiger charge is -2.20. The highest BCUT2D eigenvalue weighted by molar-refractivity contribution is 5.94. The van der Waals surface area contributed by atoms with Gasteiger partial charge in [-0.1, -0.05) is 32.0 Å². The van der Waals surface area contributed by atoms with Crippen LogP contribution in [-0.4, -0.2) is 30.5 Å². The molecule has 0 radical (unpaired) electrons. The fourth-order valence-electron chi connectivity index (χ4n) is 2.55. The van der Waals surface area contributed by atoms with Crippen LogP contribution >= 0.6 is 0 Å². The molecule has 1 aromatic heterocycles. The van der Waals surface area contributed by atoms with Crippen LogP contribution in [0.15, 0.2) is 48.7 Å². The number of hydrogen-bond acceptors (Lipinski definition) is 4. The van der Waals surface area contributed by atoms with Crippen molar-refractivity contribution in [2.45, 2.75) is 26.3 Å². The zero-order chi connectivity index (χ0) is 17.5. The summed E-state index contributed by atoms with van der Waals surface area (Å²) in [5.74, 6) is 1.14. The summed E-state index contributed by atoms with van der Waals surface area (Å²) in [4.78, 5) is 18.7. The topological polar surface area (TPSA) is 71.2 Å². The van der Waals surface area contributed by atoms with Crippen molar-refractivity contribution in [2.75, 3.05) is 18.5 Å².